The molecule has 1 fully saturated rings. The second-order valence-electron chi connectivity index (χ2n) is 4.83. The first-order valence-electron chi connectivity index (χ1n) is 6.34. The number of benzene rings is 1. The zero-order valence-corrected chi connectivity index (χ0v) is 12.0. The van der Waals surface area contributed by atoms with Gasteiger partial charge in [-0.15, -0.1) is 0 Å². The monoisotopic (exact) mass is 297 g/mol. The van der Waals surface area contributed by atoms with Crippen LogP contribution in [0.25, 0.3) is 0 Å². The number of hydrogen-bond donors (Lipinski definition) is 1. The van der Waals surface area contributed by atoms with E-state index in [-0.39, 0.29) is 11.4 Å². The van der Waals surface area contributed by atoms with Gasteiger partial charge in [0.15, 0.2) is 0 Å². The zero-order valence-electron chi connectivity index (χ0n) is 11.1. The summed E-state index contributed by atoms with van der Waals surface area (Å²) in [5.41, 5.74) is -0.449. The molecule has 1 aliphatic carbocycles. The van der Waals surface area contributed by atoms with Gasteiger partial charge in [-0.2, -0.15) is 5.26 Å². The van der Waals surface area contributed by atoms with Crippen LogP contribution >= 0.6 is 0 Å². The predicted octanol–water partition coefficient (Wildman–Crippen LogP) is 1.07. The van der Waals surface area contributed by atoms with Crippen LogP contribution in [0.4, 0.5) is 4.39 Å². The highest BCUT2D eigenvalue weighted by Crippen LogP contribution is 2.24. The maximum atomic E-state index is 13.4. The second kappa shape index (κ2) is 5.87. The number of halogens is 1. The second-order valence-corrected chi connectivity index (χ2v) is 6.57. The van der Waals surface area contributed by atoms with Crippen molar-refractivity contribution in [3.8, 4) is 6.07 Å². The van der Waals surface area contributed by atoms with E-state index >= 15 is 0 Å². The van der Waals surface area contributed by atoms with Gasteiger partial charge in [-0.05, 0) is 32.0 Å². The molecule has 1 aliphatic rings. The van der Waals surface area contributed by atoms with Crippen molar-refractivity contribution in [3.63, 3.8) is 0 Å². The molecule has 0 atom stereocenters. The van der Waals surface area contributed by atoms with Gasteiger partial charge in [0.05, 0.1) is 0 Å². The third-order valence-electron chi connectivity index (χ3n) is 3.30. The van der Waals surface area contributed by atoms with Crippen molar-refractivity contribution in [3.05, 3.63) is 29.6 Å². The summed E-state index contributed by atoms with van der Waals surface area (Å²) >= 11 is 0. The summed E-state index contributed by atoms with van der Waals surface area (Å²) in [4.78, 5) is 1.77. The van der Waals surface area contributed by atoms with Gasteiger partial charge < -0.3 is 4.90 Å². The van der Waals surface area contributed by atoms with Crippen LogP contribution < -0.4 is 4.72 Å². The van der Waals surface area contributed by atoms with Crippen LogP contribution in [0.15, 0.2) is 23.1 Å². The van der Waals surface area contributed by atoms with Crippen molar-refractivity contribution in [2.45, 2.75) is 23.8 Å². The topological polar surface area (TPSA) is 73.2 Å². The number of rotatable bonds is 6. The highest BCUT2D eigenvalue weighted by molar-refractivity contribution is 7.89. The molecule has 0 heterocycles. The fraction of sp³-hybridized carbons (Fsp3) is 0.462. The molecule has 0 unspecified atom stereocenters. The first-order chi connectivity index (χ1) is 9.45. The summed E-state index contributed by atoms with van der Waals surface area (Å²) in [5.74, 6) is -0.828. The van der Waals surface area contributed by atoms with Crippen molar-refractivity contribution < 1.29 is 12.8 Å². The number of nitrogens with zero attached hydrogens (tertiary/aromatic N) is 2. The average Bonchev–Trinajstić information content (AvgIpc) is 3.22. The molecule has 0 radical (unpaired) electrons. The van der Waals surface area contributed by atoms with Crippen LogP contribution in [-0.4, -0.2) is 39.5 Å². The Balaban J connectivity index is 2.06. The Morgan fingerprint density at radius 2 is 2.20 bits per heavy atom. The van der Waals surface area contributed by atoms with Crippen molar-refractivity contribution in [1.82, 2.24) is 9.62 Å². The number of nitrogens with one attached hydrogen (secondary N) is 1. The minimum atomic E-state index is -3.87. The third kappa shape index (κ3) is 3.33. The van der Waals surface area contributed by atoms with Crippen molar-refractivity contribution in [1.29, 1.82) is 5.26 Å². The van der Waals surface area contributed by atoms with Gasteiger partial charge in [0.2, 0.25) is 10.0 Å². The van der Waals surface area contributed by atoms with E-state index in [9.17, 15) is 12.8 Å². The maximum Gasteiger partial charge on any atom is 0.242 e. The third-order valence-corrected chi connectivity index (χ3v) is 4.81. The summed E-state index contributed by atoms with van der Waals surface area (Å²) in [6.07, 6.45) is 2.29. The maximum absolute atomic E-state index is 13.4. The summed E-state index contributed by atoms with van der Waals surface area (Å²) in [6, 6.07) is 5.72. The molecule has 0 aromatic heterocycles. The first-order valence-corrected chi connectivity index (χ1v) is 7.82. The van der Waals surface area contributed by atoms with Gasteiger partial charge in [-0.3, -0.25) is 0 Å². The van der Waals surface area contributed by atoms with Gasteiger partial charge in [0, 0.05) is 19.1 Å². The molecule has 2 rings (SSSR count). The van der Waals surface area contributed by atoms with E-state index in [4.69, 9.17) is 5.26 Å². The summed E-state index contributed by atoms with van der Waals surface area (Å²) in [5, 5.41) is 8.87. The number of sulfonamides is 1. The largest absolute Gasteiger partial charge is 0.302 e. The Hall–Kier alpha value is -1.49. The molecule has 0 saturated heterocycles. The van der Waals surface area contributed by atoms with Gasteiger partial charge in [0.1, 0.15) is 22.3 Å². The number of hydrogen-bond acceptors (Lipinski definition) is 4. The molecule has 0 spiro atoms. The Bertz CT molecular complexity index is 636. The molecule has 108 valence electrons. The van der Waals surface area contributed by atoms with Gasteiger partial charge in [-0.25, -0.2) is 17.5 Å². The molecule has 20 heavy (non-hydrogen) atoms. The summed E-state index contributed by atoms with van der Waals surface area (Å²) in [7, 11) is -1.93. The molecule has 0 bridgehead atoms. The lowest BCUT2D eigenvalue weighted by Gasteiger charge is -2.16. The Labute approximate surface area is 118 Å². The van der Waals surface area contributed by atoms with Crippen LogP contribution in [0.5, 0.6) is 0 Å². The Kier molecular flexibility index (Phi) is 4.38. The molecule has 0 amide bonds. The van der Waals surface area contributed by atoms with E-state index in [1.807, 2.05) is 7.05 Å². The van der Waals surface area contributed by atoms with Gasteiger partial charge >= 0.3 is 0 Å². The van der Waals surface area contributed by atoms with Crippen molar-refractivity contribution >= 4 is 10.0 Å². The van der Waals surface area contributed by atoms with Gasteiger partial charge in [0.25, 0.3) is 0 Å². The van der Waals surface area contributed by atoms with E-state index in [0.717, 1.165) is 18.9 Å². The van der Waals surface area contributed by atoms with E-state index in [2.05, 4.69) is 9.62 Å². The minimum absolute atomic E-state index is 0.233. The lowest BCUT2D eigenvalue weighted by atomic mass is 10.2. The normalized spacial score (nSPS) is 15.3. The van der Waals surface area contributed by atoms with Gasteiger partial charge in [-0.1, -0.05) is 6.07 Å². The first kappa shape index (κ1) is 14.9. The molecule has 7 heteroatoms. The molecule has 1 aromatic carbocycles. The fourth-order valence-electron chi connectivity index (χ4n) is 1.97. The lowest BCUT2D eigenvalue weighted by Crippen LogP contribution is -2.34. The standard InChI is InChI=1S/C13H16FN3O2S/c1-17(10-5-6-10)8-7-16-20(18,19)13-4-2-3-12(14)11(13)9-15/h2-4,10,16H,5-8H2,1H3. The van der Waals surface area contributed by atoms with Crippen molar-refractivity contribution in [2.24, 2.45) is 0 Å². The SMILES string of the molecule is CN(CCNS(=O)(=O)c1cccc(F)c1C#N)C1CC1. The molecule has 5 nitrogen and oxygen atoms in total. The van der Waals surface area contributed by atoms with Crippen LogP contribution in [0.2, 0.25) is 0 Å². The van der Waals surface area contributed by atoms with Crippen LogP contribution in [0, 0.1) is 17.1 Å². The fourth-order valence-corrected chi connectivity index (χ4v) is 3.15. The summed E-state index contributed by atoms with van der Waals surface area (Å²) < 4.78 is 40.0. The molecule has 1 saturated carbocycles. The van der Waals surface area contributed by atoms with Crippen molar-refractivity contribution in [2.75, 3.05) is 20.1 Å². The Morgan fingerprint density at radius 1 is 1.50 bits per heavy atom. The minimum Gasteiger partial charge on any atom is -0.302 e. The molecular weight excluding hydrogens is 281 g/mol. The number of nitriles is 1. The summed E-state index contributed by atoms with van der Waals surface area (Å²) in [6.45, 7) is 0.817. The Morgan fingerprint density at radius 3 is 2.80 bits per heavy atom. The van der Waals surface area contributed by atoms with Crippen LogP contribution in [0.3, 0.4) is 0 Å². The molecular formula is C13H16FN3O2S. The average molecular weight is 297 g/mol. The molecule has 1 aromatic rings. The van der Waals surface area contributed by atoms with E-state index in [0.29, 0.717) is 12.6 Å². The quantitative estimate of drug-likeness (QED) is 0.852. The van der Waals surface area contributed by atoms with Crippen LogP contribution in [-0.2, 0) is 10.0 Å². The lowest BCUT2D eigenvalue weighted by molar-refractivity contribution is 0.329. The highest BCUT2D eigenvalue weighted by Gasteiger charge is 2.26. The van der Waals surface area contributed by atoms with E-state index < -0.39 is 21.4 Å². The highest BCUT2D eigenvalue weighted by atomic mass is 32.2. The van der Waals surface area contributed by atoms with E-state index in [1.165, 1.54) is 12.1 Å². The molecule has 0 aliphatic heterocycles. The predicted molar refractivity (Wildman–Crippen MR) is 72.0 cm³/mol. The van der Waals surface area contributed by atoms with Crippen LogP contribution in [0.1, 0.15) is 18.4 Å². The van der Waals surface area contributed by atoms with E-state index in [1.54, 1.807) is 6.07 Å². The smallest absolute Gasteiger partial charge is 0.242 e. The zero-order chi connectivity index (χ0) is 14.8. The molecule has 1 N–H and O–H groups in total. The number of likely N-dealkylation sites (N-methyl/N-ethyl adjacent to an activating group) is 1.